The number of nitrogens with one attached hydrogen (secondary N) is 1. The molecule has 0 aliphatic carbocycles. The third-order valence-electron chi connectivity index (χ3n) is 2.32. The summed E-state index contributed by atoms with van der Waals surface area (Å²) in [7, 11) is 0. The van der Waals surface area contributed by atoms with Crippen LogP contribution in [0.3, 0.4) is 0 Å². The fourth-order valence-corrected chi connectivity index (χ4v) is 1.62. The number of Topliss-reactive ketones (excluding diaryl/α,β-unsaturated/α-hetero) is 1. The van der Waals surface area contributed by atoms with Crippen molar-refractivity contribution in [2.24, 2.45) is 0 Å². The molecule has 0 unspecified atom stereocenters. The van der Waals surface area contributed by atoms with E-state index in [1.807, 2.05) is 20.8 Å². The summed E-state index contributed by atoms with van der Waals surface area (Å²) >= 11 is 0. The van der Waals surface area contributed by atoms with Crippen molar-refractivity contribution in [3.8, 4) is 0 Å². The van der Waals surface area contributed by atoms with E-state index in [4.69, 9.17) is 4.52 Å². The molecule has 1 aromatic rings. The van der Waals surface area contributed by atoms with Gasteiger partial charge in [-0.3, -0.25) is 4.79 Å². The first-order valence-electron chi connectivity index (χ1n) is 4.73. The van der Waals surface area contributed by atoms with Gasteiger partial charge in [0.05, 0.1) is 18.7 Å². The van der Waals surface area contributed by atoms with Crippen LogP contribution in [0.5, 0.6) is 0 Å². The Morgan fingerprint density at radius 3 is 2.71 bits per heavy atom. The Labute approximate surface area is 82.7 Å². The summed E-state index contributed by atoms with van der Waals surface area (Å²) < 4.78 is 5.15. The van der Waals surface area contributed by atoms with Crippen LogP contribution >= 0.6 is 0 Å². The molecule has 0 fully saturated rings. The number of carbonyl (C=O) groups excluding carboxylic acids is 1. The van der Waals surface area contributed by atoms with Crippen molar-refractivity contribution >= 4 is 5.78 Å². The number of ketones is 1. The zero-order chi connectivity index (χ0) is 10.3. The molecule has 0 amide bonds. The fourth-order valence-electron chi connectivity index (χ4n) is 1.62. The van der Waals surface area contributed by atoms with E-state index in [-0.39, 0.29) is 11.2 Å². The Morgan fingerprint density at radius 1 is 1.36 bits per heavy atom. The molecule has 0 bridgehead atoms. The maximum atomic E-state index is 11.7. The van der Waals surface area contributed by atoms with Gasteiger partial charge in [0.25, 0.3) is 0 Å². The number of aromatic nitrogens is 1. The molecule has 1 aliphatic heterocycles. The lowest BCUT2D eigenvalue weighted by Crippen LogP contribution is -2.31. The van der Waals surface area contributed by atoms with Gasteiger partial charge in [0.1, 0.15) is 5.69 Å². The van der Waals surface area contributed by atoms with Crippen LogP contribution in [0.2, 0.25) is 0 Å². The normalized spacial score (nSPS) is 16.9. The zero-order valence-electron chi connectivity index (χ0n) is 8.68. The van der Waals surface area contributed by atoms with Gasteiger partial charge in [0, 0.05) is 5.41 Å². The lowest BCUT2D eigenvalue weighted by atomic mass is 9.87. The Morgan fingerprint density at radius 2 is 2.07 bits per heavy atom. The molecule has 0 saturated carbocycles. The third-order valence-corrected chi connectivity index (χ3v) is 2.32. The second-order valence-electron chi connectivity index (χ2n) is 4.61. The van der Waals surface area contributed by atoms with Gasteiger partial charge < -0.3 is 9.84 Å². The van der Waals surface area contributed by atoms with Crippen LogP contribution in [0.25, 0.3) is 0 Å². The fraction of sp³-hybridized carbons (Fsp3) is 0.600. The average molecular weight is 194 g/mol. The van der Waals surface area contributed by atoms with E-state index in [9.17, 15) is 4.79 Å². The number of rotatable bonds is 0. The first kappa shape index (κ1) is 9.40. The molecular weight excluding hydrogens is 180 g/mol. The summed E-state index contributed by atoms with van der Waals surface area (Å²) in [5, 5.41) is 6.96. The van der Waals surface area contributed by atoms with Crippen LogP contribution in [0.4, 0.5) is 0 Å². The van der Waals surface area contributed by atoms with Crippen LogP contribution in [0, 0.1) is 0 Å². The number of fused-ring (bicyclic) bond motifs is 1. The largest absolute Gasteiger partial charge is 0.359 e. The molecule has 0 saturated heterocycles. The van der Waals surface area contributed by atoms with E-state index in [2.05, 4.69) is 10.5 Å². The molecule has 2 rings (SSSR count). The number of hydrogen-bond donors (Lipinski definition) is 1. The summed E-state index contributed by atoms with van der Waals surface area (Å²) in [5.74, 6) is 0.753. The van der Waals surface area contributed by atoms with Gasteiger partial charge in [-0.1, -0.05) is 25.9 Å². The van der Waals surface area contributed by atoms with E-state index in [0.717, 1.165) is 5.69 Å². The molecule has 4 heteroatoms. The zero-order valence-corrected chi connectivity index (χ0v) is 8.68. The molecule has 0 spiro atoms. The Balaban J connectivity index is 2.54. The minimum Gasteiger partial charge on any atom is -0.359 e. The second-order valence-corrected chi connectivity index (χ2v) is 4.61. The smallest absolute Gasteiger partial charge is 0.182 e. The summed E-state index contributed by atoms with van der Waals surface area (Å²) in [4.78, 5) is 11.7. The van der Waals surface area contributed by atoms with Gasteiger partial charge in [0.15, 0.2) is 11.5 Å². The van der Waals surface area contributed by atoms with Gasteiger partial charge in [-0.2, -0.15) is 0 Å². The topological polar surface area (TPSA) is 55.1 Å². The van der Waals surface area contributed by atoms with Gasteiger partial charge in [0.2, 0.25) is 0 Å². The van der Waals surface area contributed by atoms with Crippen molar-refractivity contribution in [2.45, 2.75) is 32.7 Å². The minimum atomic E-state index is -0.135. The van der Waals surface area contributed by atoms with Crippen molar-refractivity contribution in [3.05, 3.63) is 17.0 Å². The Bertz CT molecular complexity index is 374. The SMILES string of the molecule is CC(C)(C)c1noc2c1C(=O)CNC2. The van der Waals surface area contributed by atoms with E-state index in [0.29, 0.717) is 24.4 Å². The van der Waals surface area contributed by atoms with Crippen molar-refractivity contribution in [1.82, 2.24) is 10.5 Å². The molecule has 1 aromatic heterocycles. The van der Waals surface area contributed by atoms with E-state index >= 15 is 0 Å². The van der Waals surface area contributed by atoms with Crippen LogP contribution in [0.1, 0.15) is 42.6 Å². The molecule has 1 aliphatic rings. The van der Waals surface area contributed by atoms with Crippen LogP contribution < -0.4 is 5.32 Å². The van der Waals surface area contributed by atoms with Gasteiger partial charge in [-0.05, 0) is 0 Å². The van der Waals surface area contributed by atoms with Crippen molar-refractivity contribution in [1.29, 1.82) is 0 Å². The summed E-state index contributed by atoms with van der Waals surface area (Å²) in [5.41, 5.74) is 1.33. The van der Waals surface area contributed by atoms with Crippen molar-refractivity contribution in [2.75, 3.05) is 6.54 Å². The van der Waals surface area contributed by atoms with E-state index in [1.165, 1.54) is 0 Å². The lowest BCUT2D eigenvalue weighted by Gasteiger charge is -2.18. The summed E-state index contributed by atoms with van der Waals surface area (Å²) in [6, 6.07) is 0. The number of carbonyl (C=O) groups is 1. The van der Waals surface area contributed by atoms with Crippen LogP contribution in [-0.2, 0) is 12.0 Å². The predicted octanol–water partition coefficient (Wildman–Crippen LogP) is 1.26. The van der Waals surface area contributed by atoms with Gasteiger partial charge in [-0.25, -0.2) is 0 Å². The molecule has 4 nitrogen and oxygen atoms in total. The molecular formula is C10H14N2O2. The molecule has 0 radical (unpaired) electrons. The molecule has 76 valence electrons. The maximum absolute atomic E-state index is 11.7. The standard InChI is InChI=1S/C10H14N2O2/c1-10(2,3)9-8-6(13)4-11-5-7(8)14-12-9/h11H,4-5H2,1-3H3. The third kappa shape index (κ3) is 1.35. The highest BCUT2D eigenvalue weighted by molar-refractivity contribution is 6.00. The average Bonchev–Trinajstić information content (AvgIpc) is 2.47. The quantitative estimate of drug-likeness (QED) is 0.675. The second kappa shape index (κ2) is 2.92. The van der Waals surface area contributed by atoms with Gasteiger partial charge >= 0.3 is 0 Å². The molecule has 0 aromatic carbocycles. The number of nitrogens with zero attached hydrogens (tertiary/aromatic N) is 1. The Hall–Kier alpha value is -1.16. The highest BCUT2D eigenvalue weighted by Crippen LogP contribution is 2.28. The number of hydrogen-bond acceptors (Lipinski definition) is 4. The van der Waals surface area contributed by atoms with E-state index < -0.39 is 0 Å². The van der Waals surface area contributed by atoms with Crippen LogP contribution in [-0.4, -0.2) is 17.5 Å². The highest BCUT2D eigenvalue weighted by Gasteiger charge is 2.31. The Kier molecular flexibility index (Phi) is 1.96. The first-order chi connectivity index (χ1) is 6.50. The maximum Gasteiger partial charge on any atom is 0.182 e. The first-order valence-corrected chi connectivity index (χ1v) is 4.73. The molecule has 2 heterocycles. The van der Waals surface area contributed by atoms with Crippen molar-refractivity contribution < 1.29 is 9.32 Å². The summed E-state index contributed by atoms with van der Waals surface area (Å²) in [6.45, 7) is 7.07. The monoisotopic (exact) mass is 194 g/mol. The lowest BCUT2D eigenvalue weighted by molar-refractivity contribution is 0.0977. The predicted molar refractivity (Wildman–Crippen MR) is 51.2 cm³/mol. The molecule has 14 heavy (non-hydrogen) atoms. The van der Waals surface area contributed by atoms with E-state index in [1.54, 1.807) is 0 Å². The minimum absolute atomic E-state index is 0.0809. The van der Waals surface area contributed by atoms with Gasteiger partial charge in [-0.15, -0.1) is 0 Å². The van der Waals surface area contributed by atoms with Crippen LogP contribution in [0.15, 0.2) is 4.52 Å². The van der Waals surface area contributed by atoms with Crippen molar-refractivity contribution in [3.63, 3.8) is 0 Å². The molecule has 0 atom stereocenters. The summed E-state index contributed by atoms with van der Waals surface area (Å²) in [6.07, 6.45) is 0. The molecule has 1 N–H and O–H groups in total. The highest BCUT2D eigenvalue weighted by atomic mass is 16.5.